The Kier molecular flexibility index (Phi) is 6.60. The number of para-hydroxylation sites is 1. The van der Waals surface area contributed by atoms with Gasteiger partial charge in [-0.2, -0.15) is 0 Å². The van der Waals surface area contributed by atoms with E-state index < -0.39 is 29.3 Å². The molecule has 0 aliphatic rings. The number of H-pyrrole nitrogens is 1. The van der Waals surface area contributed by atoms with Gasteiger partial charge in [0, 0.05) is 18.7 Å². The number of ether oxygens (including phenoxy) is 1. The third-order valence-corrected chi connectivity index (χ3v) is 6.40. The second-order valence-corrected chi connectivity index (χ2v) is 8.90. The summed E-state index contributed by atoms with van der Waals surface area (Å²) in [5.41, 5.74) is 1.64. The molecule has 1 unspecified atom stereocenters. The van der Waals surface area contributed by atoms with Gasteiger partial charge in [0.1, 0.15) is 35.1 Å². The molecule has 3 aromatic carbocycles. The monoisotopic (exact) mass is 535 g/mol. The van der Waals surface area contributed by atoms with E-state index in [1.807, 2.05) is 0 Å². The summed E-state index contributed by atoms with van der Waals surface area (Å²) >= 11 is 0. The Morgan fingerprint density at radius 1 is 1.15 bits per heavy atom. The lowest BCUT2D eigenvalue weighted by molar-refractivity contribution is 0.0691. The SMILES string of the molecule is CC(c1nc2c(F)c(O)c(F)cc2[nH]1)c1nc2ccc(C(=O)NCCOc3ccccc3C(=O)O)cc2n1C. The number of imidazole rings is 2. The van der Waals surface area contributed by atoms with Crippen LogP contribution in [0.15, 0.2) is 48.5 Å². The fourth-order valence-corrected chi connectivity index (χ4v) is 4.35. The van der Waals surface area contributed by atoms with E-state index in [4.69, 9.17) is 4.74 Å². The second kappa shape index (κ2) is 10.0. The molecule has 1 amide bonds. The summed E-state index contributed by atoms with van der Waals surface area (Å²) in [6, 6.07) is 12.2. The van der Waals surface area contributed by atoms with Gasteiger partial charge in [-0.05, 0) is 37.3 Å². The van der Waals surface area contributed by atoms with E-state index in [1.165, 1.54) is 6.07 Å². The Morgan fingerprint density at radius 3 is 2.69 bits per heavy atom. The molecule has 39 heavy (non-hydrogen) atoms. The number of aromatic nitrogens is 4. The molecule has 0 saturated carbocycles. The number of aromatic amines is 1. The molecule has 0 aliphatic carbocycles. The van der Waals surface area contributed by atoms with Crippen LogP contribution in [0.25, 0.3) is 22.1 Å². The largest absolute Gasteiger partial charge is 0.503 e. The number of amides is 1. The van der Waals surface area contributed by atoms with Crippen LogP contribution < -0.4 is 10.1 Å². The van der Waals surface area contributed by atoms with Crippen LogP contribution in [0.1, 0.15) is 45.2 Å². The fraction of sp³-hybridized carbons (Fsp3) is 0.185. The highest BCUT2D eigenvalue weighted by molar-refractivity contribution is 5.97. The Bertz CT molecular complexity index is 1750. The molecule has 10 nitrogen and oxygen atoms in total. The predicted molar refractivity (Wildman–Crippen MR) is 137 cm³/mol. The normalized spacial score (nSPS) is 12.1. The topological polar surface area (TPSA) is 142 Å². The van der Waals surface area contributed by atoms with Crippen molar-refractivity contribution in [2.45, 2.75) is 12.8 Å². The number of phenolic OH excluding ortho intramolecular Hbond substituents is 1. The van der Waals surface area contributed by atoms with E-state index in [1.54, 1.807) is 54.9 Å². The molecular weight excluding hydrogens is 512 g/mol. The molecule has 0 aliphatic heterocycles. The van der Waals surface area contributed by atoms with Crippen molar-refractivity contribution in [1.82, 2.24) is 24.8 Å². The minimum Gasteiger partial charge on any atom is -0.503 e. The van der Waals surface area contributed by atoms with E-state index in [-0.39, 0.29) is 41.4 Å². The molecule has 1 atom stereocenters. The Labute approximate surface area is 219 Å². The minimum absolute atomic E-state index is 0.0358. The van der Waals surface area contributed by atoms with Gasteiger partial charge < -0.3 is 29.8 Å². The van der Waals surface area contributed by atoms with Crippen LogP contribution in [0.3, 0.4) is 0 Å². The molecule has 0 saturated heterocycles. The maximum atomic E-state index is 14.3. The zero-order valence-electron chi connectivity index (χ0n) is 20.8. The van der Waals surface area contributed by atoms with Gasteiger partial charge in [0.25, 0.3) is 5.91 Å². The van der Waals surface area contributed by atoms with E-state index >= 15 is 0 Å². The summed E-state index contributed by atoms with van der Waals surface area (Å²) in [6.45, 7) is 2.02. The number of nitrogens with zero attached hydrogens (tertiary/aromatic N) is 3. The van der Waals surface area contributed by atoms with Crippen molar-refractivity contribution in [2.24, 2.45) is 7.05 Å². The molecule has 0 bridgehead atoms. The molecule has 5 rings (SSSR count). The van der Waals surface area contributed by atoms with Crippen molar-refractivity contribution in [1.29, 1.82) is 0 Å². The number of hydrogen-bond acceptors (Lipinski definition) is 6. The number of carbonyl (C=O) groups is 2. The standard InChI is InChI=1S/C27H23F2N5O5/c1-13(24-31-18-12-16(28)23(35)21(29)22(18)33-24)25-32-17-8-7-14(11-19(17)34(25)2)26(36)30-9-10-39-20-6-4-3-5-15(20)27(37)38/h3-8,11-13,35H,9-10H2,1-2H3,(H,30,36)(H,31,33)(H,37,38). The summed E-state index contributed by atoms with van der Waals surface area (Å²) < 4.78 is 35.3. The number of nitrogens with one attached hydrogen (secondary N) is 2. The highest BCUT2D eigenvalue weighted by Crippen LogP contribution is 2.31. The average Bonchev–Trinajstić information content (AvgIpc) is 3.50. The molecule has 0 fully saturated rings. The van der Waals surface area contributed by atoms with Crippen molar-refractivity contribution in [2.75, 3.05) is 13.2 Å². The van der Waals surface area contributed by atoms with Crippen LogP contribution in [-0.4, -0.2) is 54.8 Å². The maximum absolute atomic E-state index is 14.3. The molecular formula is C27H23F2N5O5. The lowest BCUT2D eigenvalue weighted by Crippen LogP contribution is -2.28. The number of carboxylic acid groups (broad SMARTS) is 1. The van der Waals surface area contributed by atoms with Crippen molar-refractivity contribution in [3.8, 4) is 11.5 Å². The third-order valence-electron chi connectivity index (χ3n) is 6.40. The third kappa shape index (κ3) is 4.72. The van der Waals surface area contributed by atoms with E-state index in [2.05, 4.69) is 20.3 Å². The number of aryl methyl sites for hydroxylation is 1. The van der Waals surface area contributed by atoms with Gasteiger partial charge in [0.2, 0.25) is 0 Å². The highest BCUT2D eigenvalue weighted by atomic mass is 19.1. The van der Waals surface area contributed by atoms with E-state index in [9.17, 15) is 28.6 Å². The van der Waals surface area contributed by atoms with Crippen molar-refractivity contribution in [3.05, 3.63) is 82.9 Å². The molecule has 0 radical (unpaired) electrons. The van der Waals surface area contributed by atoms with Gasteiger partial charge in [-0.3, -0.25) is 4.79 Å². The van der Waals surface area contributed by atoms with Gasteiger partial charge in [-0.1, -0.05) is 12.1 Å². The highest BCUT2D eigenvalue weighted by Gasteiger charge is 2.23. The first-order valence-electron chi connectivity index (χ1n) is 11.9. The zero-order chi connectivity index (χ0) is 27.8. The minimum atomic E-state index is -1.14. The first-order valence-corrected chi connectivity index (χ1v) is 11.9. The number of benzene rings is 3. The predicted octanol–water partition coefficient (Wildman–Crippen LogP) is 4.09. The number of phenols is 1. The number of fused-ring (bicyclic) bond motifs is 2. The molecule has 2 aromatic heterocycles. The van der Waals surface area contributed by atoms with Gasteiger partial charge in [-0.25, -0.2) is 23.5 Å². The summed E-state index contributed by atoms with van der Waals surface area (Å²) in [4.78, 5) is 35.8. The lowest BCUT2D eigenvalue weighted by atomic mass is 10.1. The first kappa shape index (κ1) is 25.6. The smallest absolute Gasteiger partial charge is 0.339 e. The van der Waals surface area contributed by atoms with Crippen molar-refractivity contribution in [3.63, 3.8) is 0 Å². The van der Waals surface area contributed by atoms with E-state index in [0.717, 1.165) is 6.07 Å². The van der Waals surface area contributed by atoms with Crippen LogP contribution in [0.4, 0.5) is 8.78 Å². The number of aromatic hydroxyl groups is 1. The van der Waals surface area contributed by atoms with Crippen molar-refractivity contribution < 1.29 is 33.3 Å². The van der Waals surface area contributed by atoms with Crippen molar-refractivity contribution >= 4 is 33.9 Å². The van der Waals surface area contributed by atoms with Crippen LogP contribution >= 0.6 is 0 Å². The lowest BCUT2D eigenvalue weighted by Gasteiger charge is -2.10. The molecule has 5 aromatic rings. The number of carboxylic acids is 1. The van der Waals surface area contributed by atoms with Gasteiger partial charge >= 0.3 is 5.97 Å². The second-order valence-electron chi connectivity index (χ2n) is 8.90. The van der Waals surface area contributed by atoms with Crippen LogP contribution in [0.5, 0.6) is 11.5 Å². The summed E-state index contributed by atoms with van der Waals surface area (Å²) in [5, 5.41) is 21.5. The molecule has 200 valence electrons. The number of hydrogen-bond donors (Lipinski definition) is 4. The van der Waals surface area contributed by atoms with Gasteiger partial charge in [0.05, 0.1) is 29.0 Å². The number of rotatable bonds is 8. The fourth-order valence-electron chi connectivity index (χ4n) is 4.35. The quantitative estimate of drug-likeness (QED) is 0.219. The molecule has 12 heteroatoms. The average molecular weight is 536 g/mol. The molecule has 4 N–H and O–H groups in total. The summed E-state index contributed by atoms with van der Waals surface area (Å²) in [5.74, 6) is -4.12. The zero-order valence-corrected chi connectivity index (χ0v) is 20.8. The molecule has 2 heterocycles. The Morgan fingerprint density at radius 2 is 1.92 bits per heavy atom. The van der Waals surface area contributed by atoms with Gasteiger partial charge in [-0.15, -0.1) is 0 Å². The van der Waals surface area contributed by atoms with Crippen LogP contribution in [0, 0.1) is 11.6 Å². The number of halogens is 2. The van der Waals surface area contributed by atoms with Crippen LogP contribution in [-0.2, 0) is 7.05 Å². The Balaban J connectivity index is 1.31. The van der Waals surface area contributed by atoms with Gasteiger partial charge in [0.15, 0.2) is 17.4 Å². The maximum Gasteiger partial charge on any atom is 0.339 e. The molecule has 0 spiro atoms. The summed E-state index contributed by atoms with van der Waals surface area (Å²) in [6.07, 6.45) is 0. The van der Waals surface area contributed by atoms with E-state index in [0.29, 0.717) is 28.2 Å². The number of carbonyl (C=O) groups excluding carboxylic acids is 1. The van der Waals surface area contributed by atoms with Crippen LogP contribution in [0.2, 0.25) is 0 Å². The first-order chi connectivity index (χ1) is 18.7. The number of aromatic carboxylic acids is 1. The summed E-state index contributed by atoms with van der Waals surface area (Å²) in [7, 11) is 1.77. The Hall–Kier alpha value is -5.00.